The molecular formula is C20H26ClN3O2. The molecule has 2 aromatic rings. The third-order valence-electron chi connectivity index (χ3n) is 3.95. The van der Waals surface area contributed by atoms with Gasteiger partial charge in [-0.25, -0.2) is 0 Å². The number of amides is 2. The molecule has 0 saturated heterocycles. The molecule has 6 heteroatoms. The van der Waals surface area contributed by atoms with Crippen LogP contribution in [0.5, 0.6) is 0 Å². The number of benzene rings is 2. The zero-order valence-electron chi connectivity index (χ0n) is 15.1. The second-order valence-electron chi connectivity index (χ2n) is 6.22. The average molecular weight is 376 g/mol. The highest BCUT2D eigenvalue weighted by Gasteiger charge is 2.11. The summed E-state index contributed by atoms with van der Waals surface area (Å²) in [4.78, 5) is 25.6. The minimum atomic E-state index is -0.303. The number of hydrogen-bond acceptors (Lipinski definition) is 3. The van der Waals surface area contributed by atoms with Crippen molar-refractivity contribution < 1.29 is 9.59 Å². The van der Waals surface area contributed by atoms with Crippen LogP contribution in [0.25, 0.3) is 0 Å². The fraction of sp³-hybridized carbons (Fsp3) is 0.300. The van der Waals surface area contributed by atoms with Crippen molar-refractivity contribution in [3.63, 3.8) is 0 Å². The van der Waals surface area contributed by atoms with Crippen molar-refractivity contribution in [2.24, 2.45) is 5.73 Å². The Morgan fingerprint density at radius 3 is 2.42 bits per heavy atom. The molecule has 0 aliphatic heterocycles. The number of hydrogen-bond donors (Lipinski definition) is 2. The van der Waals surface area contributed by atoms with Crippen LogP contribution in [-0.4, -0.2) is 37.4 Å². The minimum Gasteiger partial charge on any atom is -0.356 e. The van der Waals surface area contributed by atoms with Crippen molar-refractivity contribution in [1.29, 1.82) is 0 Å². The molecule has 0 aliphatic rings. The molecule has 5 nitrogen and oxygen atoms in total. The molecule has 1 atom stereocenters. The van der Waals surface area contributed by atoms with Gasteiger partial charge in [0.15, 0.2) is 0 Å². The quantitative estimate of drug-likeness (QED) is 0.780. The van der Waals surface area contributed by atoms with Gasteiger partial charge >= 0.3 is 0 Å². The maximum absolute atomic E-state index is 12.0. The van der Waals surface area contributed by atoms with E-state index in [0.717, 1.165) is 11.1 Å². The van der Waals surface area contributed by atoms with E-state index in [4.69, 9.17) is 5.73 Å². The summed E-state index contributed by atoms with van der Waals surface area (Å²) in [6.07, 6.45) is 0.921. The SMILES string of the molecule is CN(C)C(=O)c1cccc(CCNC(=O)CC(N)c2ccccc2)c1.Cl. The second kappa shape index (κ2) is 10.6. The minimum absolute atomic E-state index is 0. The largest absolute Gasteiger partial charge is 0.356 e. The van der Waals surface area contributed by atoms with Crippen LogP contribution in [-0.2, 0) is 11.2 Å². The molecule has 0 bridgehead atoms. The maximum atomic E-state index is 12.0. The first-order valence-corrected chi connectivity index (χ1v) is 8.35. The van der Waals surface area contributed by atoms with Crippen LogP contribution in [0.4, 0.5) is 0 Å². The molecule has 0 radical (unpaired) electrons. The van der Waals surface area contributed by atoms with Gasteiger partial charge in [0.25, 0.3) is 5.91 Å². The lowest BCUT2D eigenvalue weighted by Gasteiger charge is -2.13. The number of nitrogens with one attached hydrogen (secondary N) is 1. The van der Waals surface area contributed by atoms with E-state index in [1.807, 2.05) is 48.5 Å². The topological polar surface area (TPSA) is 75.4 Å². The fourth-order valence-electron chi connectivity index (χ4n) is 2.55. The Labute approximate surface area is 161 Å². The Morgan fingerprint density at radius 2 is 1.77 bits per heavy atom. The molecule has 0 aromatic heterocycles. The number of carbonyl (C=O) groups excluding carboxylic acids is 2. The molecule has 2 aromatic carbocycles. The third kappa shape index (κ3) is 6.50. The van der Waals surface area contributed by atoms with Gasteiger partial charge in [-0.05, 0) is 29.7 Å². The second-order valence-corrected chi connectivity index (χ2v) is 6.22. The van der Waals surface area contributed by atoms with Crippen LogP contribution < -0.4 is 11.1 Å². The summed E-state index contributed by atoms with van der Waals surface area (Å²) in [5.74, 6) is -0.100. The molecule has 0 saturated carbocycles. The highest BCUT2D eigenvalue weighted by atomic mass is 35.5. The summed E-state index contributed by atoms with van der Waals surface area (Å²) in [5.41, 5.74) is 8.68. The van der Waals surface area contributed by atoms with Crippen molar-refractivity contribution in [2.75, 3.05) is 20.6 Å². The van der Waals surface area contributed by atoms with Crippen molar-refractivity contribution in [3.8, 4) is 0 Å². The summed E-state index contributed by atoms with van der Waals surface area (Å²) in [5, 5.41) is 2.89. The molecule has 2 amide bonds. The molecule has 0 heterocycles. The van der Waals surface area contributed by atoms with Gasteiger partial charge in [0.1, 0.15) is 0 Å². The molecule has 26 heavy (non-hydrogen) atoms. The van der Waals surface area contributed by atoms with E-state index in [0.29, 0.717) is 18.5 Å². The first-order valence-electron chi connectivity index (χ1n) is 8.35. The van der Waals surface area contributed by atoms with Gasteiger partial charge < -0.3 is 16.0 Å². The van der Waals surface area contributed by atoms with E-state index >= 15 is 0 Å². The molecule has 2 rings (SSSR count). The summed E-state index contributed by atoms with van der Waals surface area (Å²) >= 11 is 0. The first kappa shape index (κ1) is 21.7. The van der Waals surface area contributed by atoms with E-state index in [-0.39, 0.29) is 36.7 Å². The molecule has 1 unspecified atom stereocenters. The van der Waals surface area contributed by atoms with Gasteiger partial charge in [-0.3, -0.25) is 9.59 Å². The standard InChI is InChI=1S/C20H25N3O2.ClH/c1-23(2)20(25)17-10-6-7-15(13-17)11-12-22-19(24)14-18(21)16-8-4-3-5-9-16;/h3-10,13,18H,11-12,14,21H2,1-2H3,(H,22,24);1H. The van der Waals surface area contributed by atoms with E-state index in [1.165, 1.54) is 0 Å². The average Bonchev–Trinajstić information content (AvgIpc) is 2.62. The lowest BCUT2D eigenvalue weighted by atomic mass is 10.0. The van der Waals surface area contributed by atoms with E-state index in [9.17, 15) is 9.59 Å². The predicted molar refractivity (Wildman–Crippen MR) is 106 cm³/mol. The van der Waals surface area contributed by atoms with Gasteiger partial charge in [0.2, 0.25) is 5.91 Å². The number of rotatable bonds is 7. The monoisotopic (exact) mass is 375 g/mol. The smallest absolute Gasteiger partial charge is 0.253 e. The number of nitrogens with two attached hydrogens (primary N) is 1. The Hall–Kier alpha value is -2.37. The van der Waals surface area contributed by atoms with Crippen LogP contribution in [0, 0.1) is 0 Å². The molecule has 0 spiro atoms. The normalized spacial score (nSPS) is 11.2. The van der Waals surface area contributed by atoms with Crippen molar-refractivity contribution in [1.82, 2.24) is 10.2 Å². The number of nitrogens with zero attached hydrogens (tertiary/aromatic N) is 1. The summed E-state index contributed by atoms with van der Waals surface area (Å²) < 4.78 is 0. The van der Waals surface area contributed by atoms with E-state index in [2.05, 4.69) is 5.32 Å². The molecule has 140 valence electrons. The van der Waals surface area contributed by atoms with Crippen molar-refractivity contribution >= 4 is 24.2 Å². The molecule has 0 fully saturated rings. The van der Waals surface area contributed by atoms with Gasteiger partial charge in [-0.15, -0.1) is 12.4 Å². The van der Waals surface area contributed by atoms with Gasteiger partial charge in [0, 0.05) is 38.7 Å². The zero-order valence-corrected chi connectivity index (χ0v) is 16.0. The predicted octanol–water partition coefficient (Wildman–Crippen LogP) is 2.56. The van der Waals surface area contributed by atoms with E-state index in [1.54, 1.807) is 25.1 Å². The third-order valence-corrected chi connectivity index (χ3v) is 3.95. The first-order chi connectivity index (χ1) is 12.0. The van der Waals surface area contributed by atoms with Crippen LogP contribution in [0.3, 0.4) is 0 Å². The summed E-state index contributed by atoms with van der Waals surface area (Å²) in [6, 6.07) is 16.8. The summed E-state index contributed by atoms with van der Waals surface area (Å²) in [6.45, 7) is 0.514. The van der Waals surface area contributed by atoms with Crippen molar-refractivity contribution in [3.05, 3.63) is 71.3 Å². The van der Waals surface area contributed by atoms with E-state index < -0.39 is 0 Å². The van der Waals surface area contributed by atoms with Crippen LogP contribution >= 0.6 is 12.4 Å². The van der Waals surface area contributed by atoms with Gasteiger partial charge in [0.05, 0.1) is 0 Å². The van der Waals surface area contributed by atoms with Crippen LogP contribution in [0.15, 0.2) is 54.6 Å². The highest BCUT2D eigenvalue weighted by Crippen LogP contribution is 2.13. The lowest BCUT2D eigenvalue weighted by molar-refractivity contribution is -0.121. The van der Waals surface area contributed by atoms with Crippen LogP contribution in [0.2, 0.25) is 0 Å². The van der Waals surface area contributed by atoms with Gasteiger partial charge in [-0.1, -0.05) is 42.5 Å². The Balaban J connectivity index is 0.00000338. The molecular weight excluding hydrogens is 350 g/mol. The fourth-order valence-corrected chi connectivity index (χ4v) is 2.55. The summed E-state index contributed by atoms with van der Waals surface area (Å²) in [7, 11) is 3.45. The maximum Gasteiger partial charge on any atom is 0.253 e. The number of carbonyl (C=O) groups is 2. The van der Waals surface area contributed by atoms with Gasteiger partial charge in [-0.2, -0.15) is 0 Å². The Morgan fingerprint density at radius 1 is 1.08 bits per heavy atom. The Kier molecular flexibility index (Phi) is 8.82. The molecule has 0 aliphatic carbocycles. The Bertz CT molecular complexity index is 720. The molecule has 3 N–H and O–H groups in total. The number of halogens is 1. The highest BCUT2D eigenvalue weighted by molar-refractivity contribution is 5.94. The van der Waals surface area contributed by atoms with Crippen LogP contribution in [0.1, 0.15) is 33.9 Å². The van der Waals surface area contributed by atoms with Crippen molar-refractivity contribution in [2.45, 2.75) is 18.9 Å². The zero-order chi connectivity index (χ0) is 18.2. The lowest BCUT2D eigenvalue weighted by Crippen LogP contribution is -2.29.